The molecule has 1 fully saturated rings. The number of guanidine groups is 1. The zero-order valence-electron chi connectivity index (χ0n) is 44.3. The zero-order chi connectivity index (χ0) is 57.3. The molecule has 9 amide bonds. The van der Waals surface area contributed by atoms with Gasteiger partial charge in [0.2, 0.25) is 53.2 Å². The summed E-state index contributed by atoms with van der Waals surface area (Å²) in [5.41, 5.74) is 19.1. The van der Waals surface area contributed by atoms with Crippen LogP contribution in [0.5, 0.6) is 0 Å². The number of aromatic amines is 2. The summed E-state index contributed by atoms with van der Waals surface area (Å²) in [4.78, 5) is 136. The van der Waals surface area contributed by atoms with Crippen LogP contribution < -0.4 is 59.7 Å². The van der Waals surface area contributed by atoms with Crippen molar-refractivity contribution in [1.82, 2.24) is 57.5 Å². The minimum absolute atomic E-state index is 0.00318. The molecule has 1 aliphatic carbocycles. The maximum atomic E-state index is 14.7. The lowest BCUT2D eigenvalue weighted by Gasteiger charge is -2.28. The van der Waals surface area contributed by atoms with Crippen LogP contribution >= 0.6 is 25.3 Å². The van der Waals surface area contributed by atoms with E-state index in [-0.39, 0.29) is 81.4 Å². The average molecular weight is 1130 g/mol. The SMILES string of the molecule is CC(=O)N[C@@H](CC1CCCCC1)C(=O)N[C@@H](CS)C(=O)N[C@@H](Cc1cnc[nH]1)C(=O)N[C@H](Cc1ccccc1)C(=O)N[C@@H](CCCN=C(N)N)C(=O)N[C@@H](Cc1c[nH]c2ccccc12)C(=O)NCCCC(=O)N[C@@H](CS)C(N)=O. The number of benzene rings is 2. The van der Waals surface area contributed by atoms with Crippen LogP contribution in [0.4, 0.5) is 0 Å². The predicted octanol–water partition coefficient (Wildman–Crippen LogP) is -0.402. The van der Waals surface area contributed by atoms with Crippen molar-refractivity contribution in [2.45, 2.75) is 133 Å². The number of amides is 9. The molecule has 4 aromatic rings. The number of rotatable bonds is 32. The number of carbonyl (C=O) groups is 9. The van der Waals surface area contributed by atoms with Gasteiger partial charge in [-0.3, -0.25) is 48.1 Å². The van der Waals surface area contributed by atoms with Gasteiger partial charge in [-0.05, 0) is 48.8 Å². The number of H-pyrrole nitrogens is 2. The molecule has 0 aliphatic heterocycles. The van der Waals surface area contributed by atoms with Crippen molar-refractivity contribution in [2.24, 2.45) is 28.1 Å². The monoisotopic (exact) mass is 1130 g/mol. The Morgan fingerprint density at radius 3 is 1.87 bits per heavy atom. The maximum absolute atomic E-state index is 14.7. The Kier molecular flexibility index (Phi) is 25.5. The number of aliphatic imine (C=N–C) groups is 1. The summed E-state index contributed by atoms with van der Waals surface area (Å²) in [6, 6.07) is 7.79. The zero-order valence-corrected chi connectivity index (χ0v) is 46.1. The van der Waals surface area contributed by atoms with Crippen LogP contribution in [0, 0.1) is 5.92 Å². The largest absolute Gasteiger partial charge is 0.370 e. The molecule has 0 spiro atoms. The third-order valence-electron chi connectivity index (χ3n) is 13.4. The second-order valence-electron chi connectivity index (χ2n) is 19.6. The number of hydrogen-bond acceptors (Lipinski definition) is 13. The van der Waals surface area contributed by atoms with E-state index in [1.165, 1.54) is 19.4 Å². The maximum Gasteiger partial charge on any atom is 0.244 e. The molecule has 7 atom stereocenters. The van der Waals surface area contributed by atoms with Gasteiger partial charge in [0.1, 0.15) is 42.3 Å². The highest BCUT2D eigenvalue weighted by atomic mass is 32.1. The minimum Gasteiger partial charge on any atom is -0.370 e. The highest BCUT2D eigenvalue weighted by Gasteiger charge is 2.35. The van der Waals surface area contributed by atoms with Gasteiger partial charge in [0.05, 0.1) is 6.33 Å². The number of hydrogen-bond donors (Lipinski definition) is 15. The van der Waals surface area contributed by atoms with Crippen LogP contribution in [-0.2, 0) is 62.4 Å². The van der Waals surface area contributed by atoms with Crippen LogP contribution in [-0.4, -0.2) is 141 Å². The normalized spacial score (nSPS) is 15.1. The second kappa shape index (κ2) is 32.3. The number of fused-ring (bicyclic) bond motifs is 1. The van der Waals surface area contributed by atoms with E-state index in [0.29, 0.717) is 23.2 Å². The molecule has 0 radical (unpaired) electrons. The topological polar surface area (TPSA) is 385 Å². The van der Waals surface area contributed by atoms with Gasteiger partial charge in [0.25, 0.3) is 0 Å². The smallest absolute Gasteiger partial charge is 0.244 e. The van der Waals surface area contributed by atoms with Gasteiger partial charge in [-0.15, -0.1) is 0 Å². The molecular weight excluding hydrogens is 1050 g/mol. The van der Waals surface area contributed by atoms with Gasteiger partial charge in [-0.25, -0.2) is 4.98 Å². The Labute approximate surface area is 469 Å². The van der Waals surface area contributed by atoms with Crippen LogP contribution in [0.3, 0.4) is 0 Å². The van der Waals surface area contributed by atoms with Gasteiger partial charge in [0.15, 0.2) is 5.96 Å². The fourth-order valence-corrected chi connectivity index (χ4v) is 9.76. The van der Waals surface area contributed by atoms with Crippen LogP contribution in [0.15, 0.2) is 78.3 Å². The van der Waals surface area contributed by atoms with Gasteiger partial charge in [-0.1, -0.05) is 80.6 Å². The first-order valence-corrected chi connectivity index (χ1v) is 27.7. The summed E-state index contributed by atoms with van der Waals surface area (Å²) in [6.45, 7) is 1.40. The van der Waals surface area contributed by atoms with E-state index in [2.05, 4.69) is 87.7 Å². The molecule has 1 aliphatic rings. The summed E-state index contributed by atoms with van der Waals surface area (Å²) in [5.74, 6) is -6.04. The summed E-state index contributed by atoms with van der Waals surface area (Å²) < 4.78 is 0. The molecule has 0 bridgehead atoms. The predicted molar refractivity (Wildman–Crippen MR) is 304 cm³/mol. The summed E-state index contributed by atoms with van der Waals surface area (Å²) in [7, 11) is 0. The van der Waals surface area contributed by atoms with Crippen molar-refractivity contribution in [3.8, 4) is 0 Å². The number of aromatic nitrogens is 3. The second-order valence-corrected chi connectivity index (χ2v) is 20.3. The molecule has 24 nitrogen and oxygen atoms in total. The molecule has 2 aromatic carbocycles. The van der Waals surface area contributed by atoms with Crippen LogP contribution in [0.25, 0.3) is 10.9 Å². The quantitative estimate of drug-likeness (QED) is 0.0129. The molecule has 2 aromatic heterocycles. The highest BCUT2D eigenvalue weighted by Crippen LogP contribution is 2.27. The van der Waals surface area contributed by atoms with Crippen molar-refractivity contribution in [3.63, 3.8) is 0 Å². The Bertz CT molecular complexity index is 2700. The fourth-order valence-electron chi connectivity index (χ4n) is 9.23. The number of primary amides is 1. The van der Waals surface area contributed by atoms with E-state index in [9.17, 15) is 43.2 Å². The third-order valence-corrected chi connectivity index (χ3v) is 14.1. The first kappa shape index (κ1) is 62.2. The van der Waals surface area contributed by atoms with E-state index in [0.717, 1.165) is 43.0 Å². The van der Waals surface area contributed by atoms with Crippen LogP contribution in [0.1, 0.15) is 88.0 Å². The first-order chi connectivity index (χ1) is 37.9. The van der Waals surface area contributed by atoms with E-state index < -0.39 is 95.5 Å². The number of thiol groups is 2. The van der Waals surface area contributed by atoms with Crippen molar-refractivity contribution in [2.75, 3.05) is 24.6 Å². The molecule has 0 saturated heterocycles. The molecule has 79 heavy (non-hydrogen) atoms. The standard InChI is InChI=1S/C53H75N15O9S2/c1-31(69)62-39(22-32-12-4-2-5-13-32)49(74)68-44(29-79)52(77)67-42(25-35-27-57-30-61-35)51(76)65-40(23-33-14-6-3-7-15-33)50(75)64-38(18-10-21-59-53(55)56)48(73)66-41(24-34-26-60-37-17-9-8-16-36(34)37)47(72)58-20-11-19-45(70)63-43(28-78)46(54)71/h3,6-9,14-17,26-27,30,32,38-44,60,78-79H,2,4-5,10-13,18-25,28-29H2,1H3,(H2,54,71)(H,57,61)(H,58,72)(H,62,69)(H,63,70)(H,64,75)(H,65,76)(H,66,73)(H,67,77)(H,68,74)(H4,55,56,59)/t38-,39-,40+,41-,42-,43-,44-/m0/s1. The molecule has 0 unspecified atom stereocenters. The van der Waals surface area contributed by atoms with E-state index in [1.54, 1.807) is 36.5 Å². The first-order valence-electron chi connectivity index (χ1n) is 26.4. The summed E-state index contributed by atoms with van der Waals surface area (Å²) in [5, 5.41) is 22.6. The van der Waals surface area contributed by atoms with Crippen molar-refractivity contribution >= 4 is 95.3 Å². The number of nitrogens with one attached hydrogen (secondary N) is 10. The number of carbonyl (C=O) groups excluding carboxylic acids is 9. The van der Waals surface area contributed by atoms with Gasteiger partial charge < -0.3 is 69.7 Å². The van der Waals surface area contributed by atoms with Crippen LogP contribution in [0.2, 0.25) is 0 Å². The molecule has 5 rings (SSSR count). The Morgan fingerprint density at radius 2 is 1.24 bits per heavy atom. The van der Waals surface area contributed by atoms with E-state index in [4.69, 9.17) is 17.2 Å². The lowest BCUT2D eigenvalue weighted by atomic mass is 9.84. The number of para-hydroxylation sites is 1. The fraction of sp³-hybridized carbons (Fsp3) is 0.491. The Balaban J connectivity index is 1.37. The highest BCUT2D eigenvalue weighted by molar-refractivity contribution is 7.80. The molecule has 428 valence electrons. The molecule has 2 heterocycles. The minimum atomic E-state index is -1.36. The van der Waals surface area contributed by atoms with E-state index >= 15 is 0 Å². The Morgan fingerprint density at radius 1 is 0.646 bits per heavy atom. The van der Waals surface area contributed by atoms with Crippen molar-refractivity contribution in [3.05, 3.63) is 90.1 Å². The Hall–Kier alpha value is -7.61. The number of nitrogens with two attached hydrogens (primary N) is 3. The van der Waals surface area contributed by atoms with Crippen molar-refractivity contribution < 1.29 is 43.2 Å². The molecule has 16 N–H and O–H groups in total. The number of imidazole rings is 1. The van der Waals surface area contributed by atoms with Gasteiger partial charge in [0, 0.05) is 86.2 Å². The van der Waals surface area contributed by atoms with Gasteiger partial charge in [-0.2, -0.15) is 25.3 Å². The third kappa shape index (κ3) is 20.9. The molecule has 26 heteroatoms. The van der Waals surface area contributed by atoms with E-state index in [1.807, 2.05) is 24.3 Å². The summed E-state index contributed by atoms with van der Waals surface area (Å²) in [6.07, 6.45) is 10.0. The molecular formula is C53H75N15O9S2. The summed E-state index contributed by atoms with van der Waals surface area (Å²) >= 11 is 8.41. The molecule has 1 saturated carbocycles. The number of nitrogens with zero attached hydrogens (tertiary/aromatic N) is 2. The lowest BCUT2D eigenvalue weighted by Crippen LogP contribution is -2.60. The average Bonchev–Trinajstić information content (AvgIpc) is 4.12. The van der Waals surface area contributed by atoms with Gasteiger partial charge >= 0.3 is 0 Å². The lowest BCUT2D eigenvalue weighted by molar-refractivity contribution is -0.135. The van der Waals surface area contributed by atoms with Crippen molar-refractivity contribution in [1.29, 1.82) is 0 Å².